The van der Waals surface area contributed by atoms with Crippen molar-refractivity contribution in [3.8, 4) is 0 Å². The fourth-order valence-corrected chi connectivity index (χ4v) is 2.28. The quantitative estimate of drug-likeness (QED) is 0.821. The van der Waals surface area contributed by atoms with Crippen LogP contribution < -0.4 is 5.32 Å². The van der Waals surface area contributed by atoms with Gasteiger partial charge < -0.3 is 15.3 Å². The first-order valence-electron chi connectivity index (χ1n) is 6.51. The molecule has 1 aromatic carbocycles. The van der Waals surface area contributed by atoms with Crippen LogP contribution in [0.1, 0.15) is 18.4 Å². The zero-order valence-electron chi connectivity index (χ0n) is 11.0. The molecule has 0 bridgehead atoms. The Morgan fingerprint density at radius 2 is 2.30 bits per heavy atom. The highest BCUT2D eigenvalue weighted by Crippen LogP contribution is 2.15. The van der Waals surface area contributed by atoms with Gasteiger partial charge in [-0.2, -0.15) is 0 Å². The standard InChI is InChI=1S/C14H17FN2O3/c15-11-3-1-2-10(6-11)8-17-9-12(7-14(17)20)16-13(19)4-5-18/h1-3,6,12,18H,4-5,7-9H2,(H,16,19)/t12-/m1/s1. The first kappa shape index (κ1) is 14.5. The Hall–Kier alpha value is -1.95. The molecular weight excluding hydrogens is 263 g/mol. The first-order valence-corrected chi connectivity index (χ1v) is 6.51. The number of nitrogens with one attached hydrogen (secondary N) is 1. The van der Waals surface area contributed by atoms with Gasteiger partial charge in [-0.25, -0.2) is 4.39 Å². The monoisotopic (exact) mass is 280 g/mol. The smallest absolute Gasteiger partial charge is 0.225 e. The van der Waals surface area contributed by atoms with E-state index in [1.165, 1.54) is 12.1 Å². The van der Waals surface area contributed by atoms with E-state index in [1.54, 1.807) is 17.0 Å². The number of halogens is 1. The van der Waals surface area contributed by atoms with Crippen molar-refractivity contribution in [3.05, 3.63) is 35.6 Å². The molecule has 1 fully saturated rings. The van der Waals surface area contributed by atoms with Crippen LogP contribution in [0.5, 0.6) is 0 Å². The van der Waals surface area contributed by atoms with E-state index < -0.39 is 0 Å². The van der Waals surface area contributed by atoms with Crippen molar-refractivity contribution in [3.63, 3.8) is 0 Å². The predicted octanol–water partition coefficient (Wildman–Crippen LogP) is 0.425. The van der Waals surface area contributed by atoms with E-state index in [4.69, 9.17) is 5.11 Å². The largest absolute Gasteiger partial charge is 0.396 e. The van der Waals surface area contributed by atoms with Gasteiger partial charge in [0.2, 0.25) is 11.8 Å². The molecule has 0 aromatic heterocycles. The van der Waals surface area contributed by atoms with Crippen molar-refractivity contribution >= 4 is 11.8 Å². The molecule has 5 nitrogen and oxygen atoms in total. The van der Waals surface area contributed by atoms with Gasteiger partial charge in [0.05, 0.1) is 12.6 Å². The molecule has 0 saturated carbocycles. The molecule has 108 valence electrons. The van der Waals surface area contributed by atoms with Crippen LogP contribution in [0.15, 0.2) is 24.3 Å². The molecule has 1 saturated heterocycles. The van der Waals surface area contributed by atoms with Crippen LogP contribution in [0.3, 0.4) is 0 Å². The molecule has 1 heterocycles. The molecule has 0 aliphatic carbocycles. The Kier molecular flexibility index (Phi) is 4.68. The normalized spacial score (nSPS) is 18.4. The van der Waals surface area contributed by atoms with E-state index in [-0.39, 0.29) is 43.1 Å². The molecule has 2 rings (SSSR count). The molecule has 2 N–H and O–H groups in total. The summed E-state index contributed by atoms with van der Waals surface area (Å²) in [5, 5.41) is 11.4. The number of aliphatic hydroxyl groups is 1. The van der Waals surface area contributed by atoms with Crippen molar-refractivity contribution in [2.75, 3.05) is 13.2 Å². The maximum Gasteiger partial charge on any atom is 0.225 e. The maximum atomic E-state index is 13.1. The molecule has 0 unspecified atom stereocenters. The fraction of sp³-hybridized carbons (Fsp3) is 0.429. The number of nitrogens with zero attached hydrogens (tertiary/aromatic N) is 1. The summed E-state index contributed by atoms with van der Waals surface area (Å²) in [4.78, 5) is 24.8. The summed E-state index contributed by atoms with van der Waals surface area (Å²) in [5.74, 6) is -0.664. The lowest BCUT2D eigenvalue weighted by molar-refractivity contribution is -0.128. The lowest BCUT2D eigenvalue weighted by Crippen LogP contribution is -2.37. The number of carbonyl (C=O) groups excluding carboxylic acids is 2. The fourth-order valence-electron chi connectivity index (χ4n) is 2.28. The highest BCUT2D eigenvalue weighted by Gasteiger charge is 2.30. The Balaban J connectivity index is 1.91. The van der Waals surface area contributed by atoms with E-state index in [2.05, 4.69) is 5.32 Å². The van der Waals surface area contributed by atoms with Crippen LogP contribution in [-0.4, -0.2) is 41.0 Å². The lowest BCUT2D eigenvalue weighted by Gasteiger charge is -2.17. The van der Waals surface area contributed by atoms with Crippen LogP contribution >= 0.6 is 0 Å². The van der Waals surface area contributed by atoms with Gasteiger partial charge in [0.15, 0.2) is 0 Å². The zero-order valence-corrected chi connectivity index (χ0v) is 11.0. The summed E-state index contributed by atoms with van der Waals surface area (Å²) in [5.41, 5.74) is 0.723. The average Bonchev–Trinajstić information content (AvgIpc) is 2.69. The maximum absolute atomic E-state index is 13.1. The van der Waals surface area contributed by atoms with Crippen LogP contribution in [-0.2, 0) is 16.1 Å². The second-order valence-electron chi connectivity index (χ2n) is 4.85. The topological polar surface area (TPSA) is 69.6 Å². The van der Waals surface area contributed by atoms with Gasteiger partial charge in [-0.15, -0.1) is 0 Å². The van der Waals surface area contributed by atoms with Crippen molar-refractivity contribution in [1.29, 1.82) is 0 Å². The van der Waals surface area contributed by atoms with Crippen molar-refractivity contribution in [2.24, 2.45) is 0 Å². The van der Waals surface area contributed by atoms with Gasteiger partial charge in [0.25, 0.3) is 0 Å². The molecule has 0 radical (unpaired) electrons. The van der Waals surface area contributed by atoms with Gasteiger partial charge in [-0.1, -0.05) is 12.1 Å². The second kappa shape index (κ2) is 6.47. The Morgan fingerprint density at radius 3 is 3.00 bits per heavy atom. The summed E-state index contributed by atoms with van der Waals surface area (Å²) in [7, 11) is 0. The van der Waals surface area contributed by atoms with Crippen molar-refractivity contribution in [2.45, 2.75) is 25.4 Å². The number of hydrogen-bond donors (Lipinski definition) is 2. The number of carbonyl (C=O) groups is 2. The molecule has 6 heteroatoms. The minimum Gasteiger partial charge on any atom is -0.396 e. The Labute approximate surface area is 116 Å². The van der Waals surface area contributed by atoms with Crippen LogP contribution in [0, 0.1) is 5.82 Å². The number of likely N-dealkylation sites (tertiary alicyclic amines) is 1. The van der Waals surface area contributed by atoms with Crippen molar-refractivity contribution < 1.29 is 19.1 Å². The van der Waals surface area contributed by atoms with Crippen LogP contribution in [0.25, 0.3) is 0 Å². The van der Waals surface area contributed by atoms with Crippen molar-refractivity contribution in [1.82, 2.24) is 10.2 Å². The lowest BCUT2D eigenvalue weighted by atomic mass is 10.2. The SMILES string of the molecule is O=C(CCO)N[C@@H]1CC(=O)N(Cc2cccc(F)c2)C1. The molecule has 0 spiro atoms. The van der Waals surface area contributed by atoms with E-state index in [0.717, 1.165) is 5.56 Å². The molecular formula is C14H17FN2O3. The first-order chi connectivity index (χ1) is 9.58. The van der Waals surface area contributed by atoms with E-state index in [9.17, 15) is 14.0 Å². The number of rotatable bonds is 5. The molecule has 1 aromatic rings. The highest BCUT2D eigenvalue weighted by molar-refractivity contribution is 5.82. The van der Waals surface area contributed by atoms with E-state index >= 15 is 0 Å². The number of aliphatic hydroxyl groups excluding tert-OH is 1. The van der Waals surface area contributed by atoms with Gasteiger partial charge in [0.1, 0.15) is 5.82 Å². The number of benzene rings is 1. The Morgan fingerprint density at radius 1 is 1.50 bits per heavy atom. The molecule has 2 amide bonds. The summed E-state index contributed by atoms with van der Waals surface area (Å²) in [6.07, 6.45) is 0.279. The van der Waals surface area contributed by atoms with E-state index in [1.807, 2.05) is 0 Å². The van der Waals surface area contributed by atoms with Gasteiger partial charge in [-0.05, 0) is 17.7 Å². The molecule has 1 aliphatic heterocycles. The molecule has 1 atom stereocenters. The van der Waals surface area contributed by atoms with Gasteiger partial charge in [0, 0.05) is 25.9 Å². The van der Waals surface area contributed by atoms with Crippen LogP contribution in [0.2, 0.25) is 0 Å². The minimum absolute atomic E-state index is 0.0363. The van der Waals surface area contributed by atoms with Crippen LogP contribution in [0.4, 0.5) is 4.39 Å². The Bertz CT molecular complexity index is 507. The summed E-state index contributed by atoms with van der Waals surface area (Å²) >= 11 is 0. The summed E-state index contributed by atoms with van der Waals surface area (Å²) < 4.78 is 13.1. The van der Waals surface area contributed by atoms with Gasteiger partial charge >= 0.3 is 0 Å². The third kappa shape index (κ3) is 3.77. The molecule has 1 aliphatic rings. The predicted molar refractivity (Wildman–Crippen MR) is 70.1 cm³/mol. The second-order valence-corrected chi connectivity index (χ2v) is 4.85. The summed E-state index contributed by atoms with van der Waals surface area (Å²) in [6, 6.07) is 5.87. The minimum atomic E-state index is -0.332. The number of hydrogen-bond acceptors (Lipinski definition) is 3. The van der Waals surface area contributed by atoms with E-state index in [0.29, 0.717) is 13.1 Å². The third-order valence-electron chi connectivity index (χ3n) is 3.18. The summed E-state index contributed by atoms with van der Waals surface area (Å²) in [6.45, 7) is 0.537. The van der Waals surface area contributed by atoms with Gasteiger partial charge in [-0.3, -0.25) is 9.59 Å². The molecule has 20 heavy (non-hydrogen) atoms. The number of amides is 2. The third-order valence-corrected chi connectivity index (χ3v) is 3.18. The highest BCUT2D eigenvalue weighted by atomic mass is 19.1. The average molecular weight is 280 g/mol. The zero-order chi connectivity index (χ0) is 14.5.